The second-order valence-electron chi connectivity index (χ2n) is 6.50. The van der Waals surface area contributed by atoms with Crippen molar-refractivity contribution in [1.29, 1.82) is 0 Å². The minimum absolute atomic E-state index is 0.192. The lowest BCUT2D eigenvalue weighted by Gasteiger charge is -2.38. The Morgan fingerprint density at radius 2 is 2.23 bits per heavy atom. The molecule has 2 aliphatic rings. The first-order valence-electron chi connectivity index (χ1n) is 8.17. The highest BCUT2D eigenvalue weighted by Gasteiger charge is 2.43. The number of amides is 1. The molecular formula is C17H25NO3S. The molecule has 0 radical (unpaired) electrons. The maximum Gasteiger partial charge on any atom is 0.263 e. The molecule has 1 aromatic rings. The molecule has 1 atom stereocenters. The summed E-state index contributed by atoms with van der Waals surface area (Å²) in [7, 11) is 0. The Labute approximate surface area is 136 Å². The number of carbonyl (C=O) groups excluding carboxylic acids is 1. The molecule has 5 heteroatoms. The van der Waals surface area contributed by atoms with E-state index < -0.39 is 0 Å². The molecule has 0 aromatic carbocycles. The van der Waals surface area contributed by atoms with Gasteiger partial charge in [0.1, 0.15) is 0 Å². The molecule has 1 amide bonds. The van der Waals surface area contributed by atoms with Crippen LogP contribution in [0.15, 0.2) is 12.1 Å². The number of rotatable bonds is 4. The summed E-state index contributed by atoms with van der Waals surface area (Å²) in [6.07, 6.45) is 3.41. The monoisotopic (exact) mass is 323 g/mol. The topological polar surface area (TPSA) is 38.8 Å². The molecule has 22 heavy (non-hydrogen) atoms. The van der Waals surface area contributed by atoms with Gasteiger partial charge >= 0.3 is 0 Å². The SMILES string of the molecule is CCOC[C@H]1CC2(CCN(C(=O)c3ccc(C)s3)CC2)CO1. The zero-order valence-corrected chi connectivity index (χ0v) is 14.3. The second kappa shape index (κ2) is 6.69. The fraction of sp³-hybridized carbons (Fsp3) is 0.706. The van der Waals surface area contributed by atoms with Crippen molar-refractivity contribution in [3.8, 4) is 0 Å². The van der Waals surface area contributed by atoms with Crippen LogP contribution in [0.3, 0.4) is 0 Å². The van der Waals surface area contributed by atoms with Crippen molar-refractivity contribution in [2.45, 2.75) is 39.2 Å². The first-order valence-corrected chi connectivity index (χ1v) is 8.99. The van der Waals surface area contributed by atoms with Crippen molar-refractivity contribution in [2.24, 2.45) is 5.41 Å². The summed E-state index contributed by atoms with van der Waals surface area (Å²) in [5.74, 6) is 0.192. The van der Waals surface area contributed by atoms with E-state index in [2.05, 4.69) is 0 Å². The van der Waals surface area contributed by atoms with E-state index in [0.717, 1.165) is 50.4 Å². The van der Waals surface area contributed by atoms with Gasteiger partial charge in [0.25, 0.3) is 5.91 Å². The summed E-state index contributed by atoms with van der Waals surface area (Å²) < 4.78 is 11.4. The van der Waals surface area contributed by atoms with Crippen LogP contribution in [0.5, 0.6) is 0 Å². The summed E-state index contributed by atoms with van der Waals surface area (Å²) in [6, 6.07) is 3.97. The number of hydrogen-bond donors (Lipinski definition) is 0. The Balaban J connectivity index is 1.53. The van der Waals surface area contributed by atoms with Crippen LogP contribution in [-0.2, 0) is 9.47 Å². The lowest BCUT2D eigenvalue weighted by atomic mass is 9.76. The van der Waals surface area contributed by atoms with E-state index in [0.29, 0.717) is 6.61 Å². The molecule has 0 aliphatic carbocycles. The first-order chi connectivity index (χ1) is 10.6. The second-order valence-corrected chi connectivity index (χ2v) is 7.79. The lowest BCUT2D eigenvalue weighted by Crippen LogP contribution is -2.43. The third-order valence-corrected chi connectivity index (χ3v) is 5.84. The van der Waals surface area contributed by atoms with Gasteiger partial charge in [-0.3, -0.25) is 4.79 Å². The third kappa shape index (κ3) is 3.36. The standard InChI is InChI=1S/C17H25NO3S/c1-3-20-11-14-10-17(12-21-14)6-8-18(9-7-17)16(19)15-5-4-13(2)22-15/h4-5,14H,3,6-12H2,1-2H3/t14-/m1/s1. The van der Waals surface area contributed by atoms with E-state index in [1.54, 1.807) is 11.3 Å². The molecule has 1 aromatic heterocycles. The van der Waals surface area contributed by atoms with Crippen LogP contribution < -0.4 is 0 Å². The summed E-state index contributed by atoms with van der Waals surface area (Å²) >= 11 is 1.59. The predicted molar refractivity (Wildman–Crippen MR) is 87.5 cm³/mol. The van der Waals surface area contributed by atoms with E-state index in [1.807, 2.05) is 30.9 Å². The van der Waals surface area contributed by atoms with Gasteiger partial charge in [0.15, 0.2) is 0 Å². The smallest absolute Gasteiger partial charge is 0.263 e. The van der Waals surface area contributed by atoms with Crippen molar-refractivity contribution < 1.29 is 14.3 Å². The number of aryl methyl sites for hydroxylation is 1. The van der Waals surface area contributed by atoms with Crippen molar-refractivity contribution in [3.05, 3.63) is 21.9 Å². The predicted octanol–water partition coefficient (Wildman–Crippen LogP) is 3.10. The zero-order chi connectivity index (χ0) is 15.6. The minimum atomic E-state index is 0.192. The van der Waals surface area contributed by atoms with Crippen LogP contribution in [0.2, 0.25) is 0 Å². The summed E-state index contributed by atoms with van der Waals surface area (Å²) in [4.78, 5) is 16.6. The Kier molecular flexibility index (Phi) is 4.85. The molecule has 122 valence electrons. The molecule has 0 N–H and O–H groups in total. The average molecular weight is 323 g/mol. The van der Waals surface area contributed by atoms with Gasteiger partial charge in [-0.15, -0.1) is 11.3 Å². The molecular weight excluding hydrogens is 298 g/mol. The normalized spacial score (nSPS) is 24.1. The summed E-state index contributed by atoms with van der Waals surface area (Å²) in [5, 5.41) is 0. The van der Waals surface area contributed by atoms with Crippen LogP contribution in [0.1, 0.15) is 40.7 Å². The molecule has 0 unspecified atom stereocenters. The van der Waals surface area contributed by atoms with Crippen molar-refractivity contribution in [2.75, 3.05) is 32.9 Å². The molecule has 0 bridgehead atoms. The molecule has 3 heterocycles. The number of likely N-dealkylation sites (tertiary alicyclic amines) is 1. The Morgan fingerprint density at radius 1 is 1.45 bits per heavy atom. The van der Waals surface area contributed by atoms with Gasteiger partial charge in [0.05, 0.1) is 24.2 Å². The van der Waals surface area contributed by atoms with Crippen LogP contribution in [0, 0.1) is 12.3 Å². The van der Waals surface area contributed by atoms with Gasteiger partial charge < -0.3 is 14.4 Å². The van der Waals surface area contributed by atoms with Gasteiger partial charge in [-0.25, -0.2) is 0 Å². The third-order valence-electron chi connectivity index (χ3n) is 4.86. The van der Waals surface area contributed by atoms with Gasteiger partial charge in [-0.2, -0.15) is 0 Å². The van der Waals surface area contributed by atoms with Crippen LogP contribution in [0.4, 0.5) is 0 Å². The molecule has 2 fully saturated rings. The Bertz CT molecular complexity index is 520. The summed E-state index contributed by atoms with van der Waals surface area (Å²) in [6.45, 7) is 8.03. The number of nitrogens with zero attached hydrogens (tertiary/aromatic N) is 1. The van der Waals surface area contributed by atoms with E-state index in [-0.39, 0.29) is 17.4 Å². The molecule has 2 saturated heterocycles. The van der Waals surface area contributed by atoms with Gasteiger partial charge in [-0.05, 0) is 50.7 Å². The van der Waals surface area contributed by atoms with E-state index in [9.17, 15) is 4.79 Å². The summed E-state index contributed by atoms with van der Waals surface area (Å²) in [5.41, 5.74) is 0.268. The fourth-order valence-corrected chi connectivity index (χ4v) is 4.33. The minimum Gasteiger partial charge on any atom is -0.379 e. The number of thiophene rings is 1. The molecule has 4 nitrogen and oxygen atoms in total. The Hall–Kier alpha value is -0.910. The van der Waals surface area contributed by atoms with E-state index in [1.165, 1.54) is 4.88 Å². The van der Waals surface area contributed by atoms with Crippen molar-refractivity contribution >= 4 is 17.2 Å². The highest BCUT2D eigenvalue weighted by Crippen LogP contribution is 2.42. The zero-order valence-electron chi connectivity index (χ0n) is 13.5. The number of carbonyl (C=O) groups is 1. The highest BCUT2D eigenvalue weighted by atomic mass is 32.1. The van der Waals surface area contributed by atoms with Crippen LogP contribution in [-0.4, -0.2) is 49.8 Å². The first kappa shape index (κ1) is 16.0. The van der Waals surface area contributed by atoms with Gasteiger partial charge in [0, 0.05) is 24.6 Å². The van der Waals surface area contributed by atoms with E-state index >= 15 is 0 Å². The van der Waals surface area contributed by atoms with Gasteiger partial charge in [-0.1, -0.05) is 0 Å². The number of piperidine rings is 1. The quantitative estimate of drug-likeness (QED) is 0.854. The average Bonchev–Trinajstić information content (AvgIpc) is 3.12. The maximum atomic E-state index is 12.5. The molecule has 0 saturated carbocycles. The highest BCUT2D eigenvalue weighted by molar-refractivity contribution is 7.13. The largest absolute Gasteiger partial charge is 0.379 e. The Morgan fingerprint density at radius 3 is 2.86 bits per heavy atom. The fourth-order valence-electron chi connectivity index (χ4n) is 3.49. The van der Waals surface area contributed by atoms with Crippen LogP contribution in [0.25, 0.3) is 0 Å². The van der Waals surface area contributed by atoms with Gasteiger partial charge in [0.2, 0.25) is 0 Å². The van der Waals surface area contributed by atoms with E-state index in [4.69, 9.17) is 9.47 Å². The van der Waals surface area contributed by atoms with Crippen molar-refractivity contribution in [3.63, 3.8) is 0 Å². The molecule has 2 aliphatic heterocycles. The molecule has 1 spiro atoms. The van der Waals surface area contributed by atoms with Crippen molar-refractivity contribution in [1.82, 2.24) is 4.90 Å². The van der Waals surface area contributed by atoms with Crippen LogP contribution >= 0.6 is 11.3 Å². The maximum absolute atomic E-state index is 12.5. The number of ether oxygens (including phenoxy) is 2. The lowest BCUT2D eigenvalue weighted by molar-refractivity contribution is 0.0160. The number of hydrogen-bond acceptors (Lipinski definition) is 4. The molecule has 3 rings (SSSR count).